The smallest absolute Gasteiger partial charge is 0.414 e. The lowest BCUT2D eigenvalue weighted by molar-refractivity contribution is -0.115. The van der Waals surface area contributed by atoms with Crippen molar-refractivity contribution in [1.29, 1.82) is 0 Å². The lowest BCUT2D eigenvalue weighted by Gasteiger charge is -2.31. The summed E-state index contributed by atoms with van der Waals surface area (Å²) < 4.78 is 36.4. The molecule has 1 atom stereocenters. The zero-order valence-corrected chi connectivity index (χ0v) is 18.6. The second-order valence-corrected chi connectivity index (χ2v) is 10.2. The Bertz CT molecular complexity index is 963. The number of cyclic esters (lactones) is 1. The maximum Gasteiger partial charge on any atom is 0.414 e. The number of anilines is 2. The van der Waals surface area contributed by atoms with Crippen molar-refractivity contribution in [2.24, 2.45) is 4.36 Å². The van der Waals surface area contributed by atoms with E-state index in [-0.39, 0.29) is 17.6 Å². The average Bonchev–Trinajstić information content (AvgIpc) is 3.06. The second kappa shape index (κ2) is 9.25. The predicted molar refractivity (Wildman–Crippen MR) is 118 cm³/mol. The molecule has 1 aromatic carbocycles. The van der Waals surface area contributed by atoms with Crippen molar-refractivity contribution in [3.05, 3.63) is 24.0 Å². The predicted octanol–water partition coefficient (Wildman–Crippen LogP) is 2.31. The van der Waals surface area contributed by atoms with Gasteiger partial charge in [-0.25, -0.2) is 13.4 Å². The largest absolute Gasteiger partial charge is 0.442 e. The van der Waals surface area contributed by atoms with Crippen LogP contribution < -0.4 is 15.1 Å². The molecule has 0 unspecified atom stereocenters. The minimum atomic E-state index is -2.56. The summed E-state index contributed by atoms with van der Waals surface area (Å²) in [4.78, 5) is 27.2. The van der Waals surface area contributed by atoms with E-state index in [9.17, 15) is 18.2 Å². The second-order valence-electron chi connectivity index (χ2n) is 7.19. The summed E-state index contributed by atoms with van der Waals surface area (Å²) in [6.07, 6.45) is -0.189. The molecular formula is C19H25FN4O4S2. The number of amides is 2. The van der Waals surface area contributed by atoms with Gasteiger partial charge in [0, 0.05) is 31.5 Å². The van der Waals surface area contributed by atoms with E-state index < -0.39 is 27.5 Å². The number of hydrogen-bond donors (Lipinski definition) is 1. The molecule has 1 N–H and O–H groups in total. The van der Waals surface area contributed by atoms with Crippen LogP contribution in [0.2, 0.25) is 0 Å². The number of rotatable bonds is 5. The minimum Gasteiger partial charge on any atom is -0.442 e. The van der Waals surface area contributed by atoms with Crippen LogP contribution >= 0.6 is 12.2 Å². The van der Waals surface area contributed by atoms with Crippen LogP contribution in [0.25, 0.3) is 0 Å². The van der Waals surface area contributed by atoms with Crippen LogP contribution in [0.5, 0.6) is 0 Å². The zero-order valence-electron chi connectivity index (χ0n) is 16.9. The molecule has 0 aliphatic carbocycles. The molecule has 30 heavy (non-hydrogen) atoms. The van der Waals surface area contributed by atoms with Crippen molar-refractivity contribution in [3.8, 4) is 0 Å². The molecule has 2 aliphatic rings. The molecule has 1 aromatic rings. The van der Waals surface area contributed by atoms with E-state index in [0.717, 1.165) is 0 Å². The van der Waals surface area contributed by atoms with Crippen molar-refractivity contribution >= 4 is 50.3 Å². The fraction of sp³-hybridized carbons (Fsp3) is 0.526. The van der Waals surface area contributed by atoms with E-state index in [4.69, 9.17) is 17.0 Å². The third-order valence-corrected chi connectivity index (χ3v) is 7.62. The van der Waals surface area contributed by atoms with Gasteiger partial charge in [0.05, 0.1) is 39.2 Å². The molecule has 2 saturated heterocycles. The van der Waals surface area contributed by atoms with Gasteiger partial charge in [-0.2, -0.15) is 4.36 Å². The van der Waals surface area contributed by atoms with Crippen LogP contribution in [-0.2, 0) is 19.3 Å². The number of ether oxygens (including phenoxy) is 1. The first-order chi connectivity index (χ1) is 14.2. The molecule has 2 aliphatic heterocycles. The number of nitrogens with zero attached hydrogens (tertiary/aromatic N) is 3. The molecule has 11 heteroatoms. The standard InChI is InChI=1S/C19H25FN4O4S2/c1-3-18(29)21-11-15-12-24(19(26)28-15)14-4-5-17(16(20)10-14)23-6-8-30(27,9-7-23)22-13(2)25/h4-5,10,15H,3,6-9,11-12H2,1-2H3,(H,21,29)/t15-/m0/s1. The van der Waals surface area contributed by atoms with Crippen LogP contribution in [0.3, 0.4) is 0 Å². The first-order valence-corrected chi connectivity index (χ1v) is 12.0. The van der Waals surface area contributed by atoms with Crippen LogP contribution in [0.4, 0.5) is 20.6 Å². The van der Waals surface area contributed by atoms with Crippen molar-refractivity contribution < 1.29 is 22.9 Å². The van der Waals surface area contributed by atoms with Gasteiger partial charge < -0.3 is 15.0 Å². The van der Waals surface area contributed by atoms with Gasteiger partial charge in [-0.15, -0.1) is 0 Å². The highest BCUT2D eigenvalue weighted by Gasteiger charge is 2.33. The Labute approximate surface area is 180 Å². The third kappa shape index (κ3) is 5.25. The van der Waals surface area contributed by atoms with E-state index in [1.54, 1.807) is 17.0 Å². The molecule has 0 bridgehead atoms. The van der Waals surface area contributed by atoms with Crippen molar-refractivity contribution in [2.45, 2.75) is 26.4 Å². The fourth-order valence-electron chi connectivity index (χ4n) is 3.40. The van der Waals surface area contributed by atoms with Crippen molar-refractivity contribution in [1.82, 2.24) is 5.32 Å². The van der Waals surface area contributed by atoms with Gasteiger partial charge in [-0.1, -0.05) is 19.1 Å². The van der Waals surface area contributed by atoms with Gasteiger partial charge in [0.15, 0.2) is 0 Å². The number of halogens is 1. The third-order valence-electron chi connectivity index (χ3n) is 4.96. The van der Waals surface area contributed by atoms with Crippen molar-refractivity contribution in [3.63, 3.8) is 0 Å². The molecule has 2 heterocycles. The molecule has 164 valence electrons. The summed E-state index contributed by atoms with van der Waals surface area (Å²) in [7, 11) is -2.56. The quantitative estimate of drug-likeness (QED) is 0.680. The monoisotopic (exact) mass is 456 g/mol. The van der Waals surface area contributed by atoms with Crippen LogP contribution in [-0.4, -0.2) is 65.0 Å². The van der Waals surface area contributed by atoms with E-state index in [1.807, 2.05) is 6.92 Å². The molecule has 2 fully saturated rings. The summed E-state index contributed by atoms with van der Waals surface area (Å²) >= 11 is 5.11. The molecule has 0 saturated carbocycles. The van der Waals surface area contributed by atoms with E-state index in [0.29, 0.717) is 49.0 Å². The maximum atomic E-state index is 14.8. The summed E-state index contributed by atoms with van der Waals surface area (Å²) in [6.45, 7) is 4.60. The molecule has 8 nitrogen and oxygen atoms in total. The first-order valence-electron chi connectivity index (χ1n) is 9.73. The van der Waals surface area contributed by atoms with Crippen LogP contribution in [0.15, 0.2) is 22.6 Å². The molecule has 0 radical (unpaired) electrons. The highest BCUT2D eigenvalue weighted by atomic mass is 32.2. The number of carbonyl (C=O) groups is 2. The summed E-state index contributed by atoms with van der Waals surface area (Å²) in [5.41, 5.74) is 0.774. The molecule has 0 spiro atoms. The lowest BCUT2D eigenvalue weighted by Crippen LogP contribution is -2.41. The number of carbonyl (C=O) groups excluding carboxylic acids is 2. The molecule has 2 amide bonds. The number of benzene rings is 1. The highest BCUT2D eigenvalue weighted by molar-refractivity contribution is 7.94. The SMILES string of the molecule is CCC(=S)NC[C@H]1CN(c2ccc(N3CCS(=O)(=NC(C)=O)CC3)c(F)c2)C(=O)O1. The van der Waals surface area contributed by atoms with Gasteiger partial charge in [-0.05, 0) is 24.6 Å². The minimum absolute atomic E-state index is 0.209. The van der Waals surface area contributed by atoms with Crippen molar-refractivity contribution in [2.75, 3.05) is 47.5 Å². The van der Waals surface area contributed by atoms with Gasteiger partial charge in [-0.3, -0.25) is 9.69 Å². The van der Waals surface area contributed by atoms with Gasteiger partial charge in [0.2, 0.25) is 0 Å². The van der Waals surface area contributed by atoms with Crippen LogP contribution in [0.1, 0.15) is 20.3 Å². The highest BCUT2D eigenvalue weighted by Crippen LogP contribution is 2.29. The Balaban J connectivity index is 1.66. The van der Waals surface area contributed by atoms with E-state index in [2.05, 4.69) is 9.68 Å². The van der Waals surface area contributed by atoms with Gasteiger partial charge >= 0.3 is 6.09 Å². The Hall–Kier alpha value is -2.27. The summed E-state index contributed by atoms with van der Waals surface area (Å²) in [6, 6.07) is 4.57. The molecule has 0 aromatic heterocycles. The van der Waals surface area contributed by atoms with E-state index >= 15 is 0 Å². The zero-order chi connectivity index (χ0) is 21.9. The maximum absolute atomic E-state index is 14.8. The van der Waals surface area contributed by atoms with Crippen LogP contribution in [0, 0.1) is 5.82 Å². The summed E-state index contributed by atoms with van der Waals surface area (Å²) in [5, 5.41) is 3.04. The topological polar surface area (TPSA) is 91.3 Å². The first kappa shape index (κ1) is 22.4. The number of hydrogen-bond acceptors (Lipinski definition) is 6. The Morgan fingerprint density at radius 2 is 2.10 bits per heavy atom. The number of nitrogens with one attached hydrogen (secondary N) is 1. The lowest BCUT2D eigenvalue weighted by atomic mass is 10.2. The van der Waals surface area contributed by atoms with Gasteiger partial charge in [0.1, 0.15) is 11.9 Å². The van der Waals surface area contributed by atoms with E-state index in [1.165, 1.54) is 17.9 Å². The normalized spacial score (nSPS) is 20.6. The average molecular weight is 457 g/mol. The fourth-order valence-corrected chi connectivity index (χ4v) is 5.35. The number of thiocarbonyl (C=S) groups is 1. The van der Waals surface area contributed by atoms with Gasteiger partial charge in [0.25, 0.3) is 5.91 Å². The molecular weight excluding hydrogens is 431 g/mol. The Morgan fingerprint density at radius 1 is 1.40 bits per heavy atom. The summed E-state index contributed by atoms with van der Waals surface area (Å²) in [5.74, 6) is -0.515. The Kier molecular flexibility index (Phi) is 6.91. The Morgan fingerprint density at radius 3 is 2.70 bits per heavy atom. The molecule has 3 rings (SSSR count).